The number of benzene rings is 1. The summed E-state index contributed by atoms with van der Waals surface area (Å²) in [6.07, 6.45) is 1.13. The van der Waals surface area contributed by atoms with Gasteiger partial charge in [0.1, 0.15) is 10.6 Å². The van der Waals surface area contributed by atoms with Crippen molar-refractivity contribution in [2.75, 3.05) is 13.1 Å². The zero-order valence-electron chi connectivity index (χ0n) is 14.8. The van der Waals surface area contributed by atoms with Crippen LogP contribution in [0.1, 0.15) is 50.8 Å². The molecule has 1 aromatic rings. The van der Waals surface area contributed by atoms with Gasteiger partial charge >= 0.3 is 6.09 Å². The molecule has 1 spiro atoms. The van der Waals surface area contributed by atoms with Crippen molar-refractivity contribution in [1.29, 1.82) is 0 Å². The number of carboxylic acid groups (broad SMARTS) is 1. The topological polar surface area (TPSA) is 75.6 Å². The van der Waals surface area contributed by atoms with E-state index in [1.54, 1.807) is 12.1 Å². The second-order valence-electron chi connectivity index (χ2n) is 8.08. The molecule has 1 aromatic carbocycles. The average Bonchev–Trinajstić information content (AvgIpc) is 2.79. The van der Waals surface area contributed by atoms with Crippen LogP contribution in [0, 0.1) is 11.2 Å². The fourth-order valence-corrected chi connectivity index (χ4v) is 4.85. The molecular formula is C18H25FN2O3S. The number of nitrogens with one attached hydrogen (secondary N) is 1. The summed E-state index contributed by atoms with van der Waals surface area (Å²) in [5, 5.41) is 9.21. The summed E-state index contributed by atoms with van der Waals surface area (Å²) in [7, 11) is 0. The molecule has 0 bridgehead atoms. The van der Waals surface area contributed by atoms with Gasteiger partial charge in [-0.3, -0.25) is 0 Å². The first kappa shape index (κ1) is 18.5. The predicted octanol–water partition coefficient (Wildman–Crippen LogP) is 3.23. The molecule has 1 aliphatic heterocycles. The number of hydrogen-bond donors (Lipinski definition) is 2. The van der Waals surface area contributed by atoms with Crippen LogP contribution in [0.3, 0.4) is 0 Å². The van der Waals surface area contributed by atoms with Crippen molar-refractivity contribution in [3.63, 3.8) is 0 Å². The van der Waals surface area contributed by atoms with E-state index in [0.717, 1.165) is 11.1 Å². The number of amides is 1. The Labute approximate surface area is 150 Å². The maximum absolute atomic E-state index is 13.7. The summed E-state index contributed by atoms with van der Waals surface area (Å²) < 4.78 is 29.3. The predicted molar refractivity (Wildman–Crippen MR) is 95.1 cm³/mol. The molecule has 1 fully saturated rings. The highest BCUT2D eigenvalue weighted by Gasteiger charge is 2.50. The van der Waals surface area contributed by atoms with E-state index in [2.05, 4.69) is 4.72 Å². The van der Waals surface area contributed by atoms with Gasteiger partial charge in [0.25, 0.3) is 0 Å². The van der Waals surface area contributed by atoms with Crippen molar-refractivity contribution < 1.29 is 18.8 Å². The highest BCUT2D eigenvalue weighted by molar-refractivity contribution is 7.90. The SMILES string of the molecule is CC(C)(C)[S@@+]([O-])N[C@H]1c2ccc(F)cc2CC12CCN(C(=O)O)CC2. The van der Waals surface area contributed by atoms with Gasteiger partial charge in [-0.15, -0.1) is 4.72 Å². The lowest BCUT2D eigenvalue weighted by Crippen LogP contribution is -2.50. The summed E-state index contributed by atoms with van der Waals surface area (Å²) in [6, 6.07) is 4.63. The van der Waals surface area contributed by atoms with E-state index in [1.165, 1.54) is 11.0 Å². The first-order valence-corrected chi connectivity index (χ1v) is 9.72. The Kier molecular flexibility index (Phi) is 4.77. The third-order valence-electron chi connectivity index (χ3n) is 5.38. The van der Waals surface area contributed by atoms with Crippen LogP contribution >= 0.6 is 0 Å². The highest BCUT2D eigenvalue weighted by atomic mass is 32.2. The Hall–Kier alpha value is -1.31. The maximum Gasteiger partial charge on any atom is 0.407 e. The fraction of sp³-hybridized carbons (Fsp3) is 0.611. The number of fused-ring (bicyclic) bond motifs is 1. The molecule has 5 nitrogen and oxygen atoms in total. The molecule has 0 unspecified atom stereocenters. The van der Waals surface area contributed by atoms with Crippen molar-refractivity contribution in [1.82, 2.24) is 9.62 Å². The monoisotopic (exact) mass is 368 g/mol. The summed E-state index contributed by atoms with van der Waals surface area (Å²) in [4.78, 5) is 12.6. The van der Waals surface area contributed by atoms with Gasteiger partial charge in [0, 0.05) is 29.9 Å². The van der Waals surface area contributed by atoms with E-state index in [0.29, 0.717) is 32.4 Å². The molecule has 2 aliphatic rings. The van der Waals surface area contributed by atoms with Gasteiger partial charge in [-0.25, -0.2) is 9.18 Å². The van der Waals surface area contributed by atoms with Crippen LogP contribution in [-0.4, -0.2) is 38.5 Å². The van der Waals surface area contributed by atoms with E-state index < -0.39 is 22.2 Å². The van der Waals surface area contributed by atoms with E-state index in [4.69, 9.17) is 0 Å². The summed E-state index contributed by atoms with van der Waals surface area (Å²) >= 11 is -1.26. The van der Waals surface area contributed by atoms with E-state index in [1.807, 2.05) is 20.8 Å². The second kappa shape index (κ2) is 6.45. The zero-order valence-corrected chi connectivity index (χ0v) is 15.7. The Morgan fingerprint density at radius 3 is 2.60 bits per heavy atom. The minimum atomic E-state index is -1.26. The fourth-order valence-electron chi connectivity index (χ4n) is 3.90. The number of halogens is 1. The largest absolute Gasteiger partial charge is 0.598 e. The van der Waals surface area contributed by atoms with Gasteiger partial charge in [0.05, 0.1) is 6.04 Å². The van der Waals surface area contributed by atoms with Crippen molar-refractivity contribution in [3.8, 4) is 0 Å². The molecule has 0 radical (unpaired) electrons. The van der Waals surface area contributed by atoms with Gasteiger partial charge < -0.3 is 14.6 Å². The zero-order chi connectivity index (χ0) is 18.4. The Morgan fingerprint density at radius 2 is 2.04 bits per heavy atom. The summed E-state index contributed by atoms with van der Waals surface area (Å²) in [5.74, 6) is -0.269. The number of carbonyl (C=O) groups is 1. The average molecular weight is 368 g/mol. The second-order valence-corrected chi connectivity index (χ2v) is 10.1. The number of hydrogen-bond acceptors (Lipinski definition) is 3. The Morgan fingerprint density at radius 1 is 1.40 bits per heavy atom. The Bertz CT molecular complexity index is 669. The van der Waals surface area contributed by atoms with Crippen LogP contribution in [0.25, 0.3) is 0 Å². The highest BCUT2D eigenvalue weighted by Crippen LogP contribution is 2.52. The number of nitrogens with zero attached hydrogens (tertiary/aromatic N) is 1. The molecule has 2 N–H and O–H groups in total. The van der Waals surface area contributed by atoms with E-state index in [9.17, 15) is 18.8 Å². The molecule has 138 valence electrons. The molecule has 0 aromatic heterocycles. The lowest BCUT2D eigenvalue weighted by molar-refractivity contribution is 0.0764. The molecule has 2 atom stereocenters. The number of piperidine rings is 1. The van der Waals surface area contributed by atoms with Gasteiger partial charge in [0.2, 0.25) is 0 Å². The van der Waals surface area contributed by atoms with Crippen LogP contribution in [0.2, 0.25) is 0 Å². The van der Waals surface area contributed by atoms with Gasteiger partial charge in [-0.1, -0.05) is 6.07 Å². The minimum absolute atomic E-state index is 0.154. The lowest BCUT2D eigenvalue weighted by Gasteiger charge is -2.43. The quantitative estimate of drug-likeness (QED) is 0.786. The first-order valence-electron chi connectivity index (χ1n) is 8.57. The minimum Gasteiger partial charge on any atom is -0.598 e. The molecule has 3 rings (SSSR count). The van der Waals surface area contributed by atoms with Crippen LogP contribution < -0.4 is 4.72 Å². The summed E-state index contributed by atoms with van der Waals surface area (Å²) in [6.45, 7) is 6.64. The first-order chi connectivity index (χ1) is 11.6. The molecule has 1 amide bonds. The third kappa shape index (κ3) is 3.50. The molecule has 1 heterocycles. The molecule has 1 aliphatic carbocycles. The summed E-state index contributed by atoms with van der Waals surface area (Å²) in [5.41, 5.74) is 1.71. The molecule has 7 heteroatoms. The van der Waals surface area contributed by atoms with Crippen molar-refractivity contribution >= 4 is 17.5 Å². The third-order valence-corrected chi connectivity index (χ3v) is 6.94. The normalized spacial score (nSPS) is 23.6. The molecular weight excluding hydrogens is 343 g/mol. The Balaban J connectivity index is 1.90. The molecule has 1 saturated heterocycles. The van der Waals surface area contributed by atoms with Crippen molar-refractivity contribution in [3.05, 3.63) is 35.1 Å². The van der Waals surface area contributed by atoms with Crippen molar-refractivity contribution in [2.24, 2.45) is 5.41 Å². The molecule has 25 heavy (non-hydrogen) atoms. The number of likely N-dealkylation sites (tertiary alicyclic amines) is 1. The van der Waals surface area contributed by atoms with Crippen LogP contribution in [0.5, 0.6) is 0 Å². The lowest BCUT2D eigenvalue weighted by atomic mass is 9.73. The maximum atomic E-state index is 13.7. The standard InChI is InChI=1S/C18H25FN2O3S/c1-17(2,3)25(24)20-15-14-5-4-13(19)10-12(14)11-18(15)6-8-21(9-7-18)16(22)23/h4-5,10,15,20H,6-9,11H2,1-3H3,(H,22,23)/t15-,25+/m0/s1. The van der Waals surface area contributed by atoms with Crippen LogP contribution in [0.15, 0.2) is 18.2 Å². The van der Waals surface area contributed by atoms with Crippen LogP contribution in [0.4, 0.5) is 9.18 Å². The van der Waals surface area contributed by atoms with Gasteiger partial charge in [-0.2, -0.15) is 0 Å². The van der Waals surface area contributed by atoms with Gasteiger partial charge in [-0.05, 0) is 63.3 Å². The van der Waals surface area contributed by atoms with Crippen molar-refractivity contribution in [2.45, 2.75) is 50.8 Å². The molecule has 0 saturated carbocycles. The number of rotatable bonds is 2. The van der Waals surface area contributed by atoms with Gasteiger partial charge in [0.15, 0.2) is 0 Å². The van der Waals surface area contributed by atoms with Crippen LogP contribution in [-0.2, 0) is 17.8 Å². The van der Waals surface area contributed by atoms with E-state index in [-0.39, 0.29) is 17.3 Å². The smallest absolute Gasteiger partial charge is 0.407 e. The van der Waals surface area contributed by atoms with E-state index >= 15 is 0 Å².